The third-order valence-electron chi connectivity index (χ3n) is 6.23. The summed E-state index contributed by atoms with van der Waals surface area (Å²) in [6, 6.07) is 5.22. The van der Waals surface area contributed by atoms with Crippen molar-refractivity contribution < 1.29 is 14.4 Å². The second-order valence-electron chi connectivity index (χ2n) is 8.12. The minimum Gasteiger partial charge on any atom is -0.349 e. The standard InChI is InChI=1S/C21H27N3O3/c22-14-7-9-15(10-8-14)23-19(25)13-6-11-17-18(12-13)21(27)24(20(17)26)16-4-2-1-3-5-16/h6,11-12,14-16H,1-5,7-10,22H2,(H,23,25). The fourth-order valence-corrected chi connectivity index (χ4v) is 4.60. The number of carbonyl (C=O) groups is 3. The van der Waals surface area contributed by atoms with E-state index in [9.17, 15) is 14.4 Å². The fraction of sp³-hybridized carbons (Fsp3) is 0.571. The van der Waals surface area contributed by atoms with E-state index in [-0.39, 0.29) is 35.8 Å². The highest BCUT2D eigenvalue weighted by atomic mass is 16.2. The van der Waals surface area contributed by atoms with Gasteiger partial charge in [-0.1, -0.05) is 19.3 Å². The van der Waals surface area contributed by atoms with Gasteiger partial charge in [-0.2, -0.15) is 0 Å². The number of hydrogen-bond acceptors (Lipinski definition) is 4. The Labute approximate surface area is 159 Å². The van der Waals surface area contributed by atoms with Crippen molar-refractivity contribution in [2.24, 2.45) is 5.73 Å². The molecule has 0 saturated heterocycles. The van der Waals surface area contributed by atoms with Crippen molar-refractivity contribution in [3.63, 3.8) is 0 Å². The molecule has 1 heterocycles. The van der Waals surface area contributed by atoms with Crippen LogP contribution >= 0.6 is 0 Å². The van der Waals surface area contributed by atoms with E-state index >= 15 is 0 Å². The van der Waals surface area contributed by atoms with Gasteiger partial charge in [0, 0.05) is 23.7 Å². The first-order valence-corrected chi connectivity index (χ1v) is 10.1. The topological polar surface area (TPSA) is 92.5 Å². The number of nitrogens with zero attached hydrogens (tertiary/aromatic N) is 1. The summed E-state index contributed by atoms with van der Waals surface area (Å²) in [4.78, 5) is 39.6. The van der Waals surface area contributed by atoms with E-state index in [1.807, 2.05) is 0 Å². The first kappa shape index (κ1) is 18.2. The predicted octanol–water partition coefficient (Wildman–Crippen LogP) is 2.62. The molecule has 6 nitrogen and oxygen atoms in total. The van der Waals surface area contributed by atoms with Crippen LogP contribution in [0.1, 0.15) is 88.9 Å². The number of rotatable bonds is 3. The Bertz CT molecular complexity index is 762. The Kier molecular flexibility index (Phi) is 5.00. The zero-order valence-electron chi connectivity index (χ0n) is 15.6. The maximum atomic E-state index is 12.9. The molecule has 1 aromatic carbocycles. The molecule has 3 amide bonds. The lowest BCUT2D eigenvalue weighted by atomic mass is 9.91. The Morgan fingerprint density at radius 2 is 1.59 bits per heavy atom. The Hall–Kier alpha value is -2.21. The zero-order chi connectivity index (χ0) is 19.0. The zero-order valence-corrected chi connectivity index (χ0v) is 15.6. The number of imide groups is 1. The number of nitrogens with two attached hydrogens (primary N) is 1. The van der Waals surface area contributed by atoms with Crippen LogP contribution in [0.2, 0.25) is 0 Å². The summed E-state index contributed by atoms with van der Waals surface area (Å²) in [6.07, 6.45) is 8.61. The van der Waals surface area contributed by atoms with Gasteiger partial charge in [0.2, 0.25) is 0 Å². The molecule has 1 aliphatic heterocycles. The molecule has 4 rings (SSSR count). The molecule has 0 unspecified atom stereocenters. The predicted molar refractivity (Wildman–Crippen MR) is 102 cm³/mol. The molecule has 6 heteroatoms. The highest BCUT2D eigenvalue weighted by Crippen LogP contribution is 2.31. The normalized spacial score (nSPS) is 26.2. The number of nitrogens with one attached hydrogen (secondary N) is 1. The third-order valence-corrected chi connectivity index (χ3v) is 6.23. The van der Waals surface area contributed by atoms with E-state index in [0.717, 1.165) is 57.8 Å². The second-order valence-corrected chi connectivity index (χ2v) is 8.12. The van der Waals surface area contributed by atoms with Crippen LogP contribution in [0.5, 0.6) is 0 Å². The molecule has 2 saturated carbocycles. The number of fused-ring (bicyclic) bond motifs is 1. The Balaban J connectivity index is 1.49. The largest absolute Gasteiger partial charge is 0.349 e. The van der Waals surface area contributed by atoms with Crippen LogP contribution in [0, 0.1) is 0 Å². The van der Waals surface area contributed by atoms with Crippen LogP contribution in [0.4, 0.5) is 0 Å². The molecule has 144 valence electrons. The summed E-state index contributed by atoms with van der Waals surface area (Å²) in [5.41, 5.74) is 7.14. The molecule has 0 atom stereocenters. The third kappa shape index (κ3) is 3.50. The van der Waals surface area contributed by atoms with E-state index < -0.39 is 0 Å². The maximum Gasteiger partial charge on any atom is 0.261 e. The van der Waals surface area contributed by atoms with Gasteiger partial charge < -0.3 is 11.1 Å². The Morgan fingerprint density at radius 1 is 0.926 bits per heavy atom. The minimum absolute atomic E-state index is 0.00475. The Morgan fingerprint density at radius 3 is 2.30 bits per heavy atom. The van der Waals surface area contributed by atoms with Crippen molar-refractivity contribution in [1.29, 1.82) is 0 Å². The molecule has 0 radical (unpaired) electrons. The first-order chi connectivity index (χ1) is 13.0. The van der Waals surface area contributed by atoms with Gasteiger partial charge in [0.25, 0.3) is 17.7 Å². The van der Waals surface area contributed by atoms with Crippen LogP contribution in [-0.2, 0) is 0 Å². The summed E-state index contributed by atoms with van der Waals surface area (Å²) in [5, 5.41) is 3.04. The van der Waals surface area contributed by atoms with Crippen LogP contribution in [0.15, 0.2) is 18.2 Å². The lowest BCUT2D eigenvalue weighted by Crippen LogP contribution is -2.41. The number of carbonyl (C=O) groups excluding carboxylic acids is 3. The average Bonchev–Trinajstić information content (AvgIpc) is 2.94. The molecule has 3 aliphatic rings. The molecule has 3 N–H and O–H groups in total. The summed E-state index contributed by atoms with van der Waals surface area (Å²) in [7, 11) is 0. The SMILES string of the molecule is NC1CCC(NC(=O)c2ccc3c(c2)C(=O)N(C2CCCCC2)C3=O)CC1. The smallest absolute Gasteiger partial charge is 0.261 e. The molecule has 2 fully saturated rings. The van der Waals surface area contributed by atoms with E-state index in [0.29, 0.717) is 16.7 Å². The van der Waals surface area contributed by atoms with Crippen molar-refractivity contribution in [2.45, 2.75) is 75.9 Å². The van der Waals surface area contributed by atoms with Gasteiger partial charge in [-0.15, -0.1) is 0 Å². The van der Waals surface area contributed by atoms with Crippen LogP contribution in [0.25, 0.3) is 0 Å². The highest BCUT2D eigenvalue weighted by molar-refractivity contribution is 6.22. The summed E-state index contributed by atoms with van der Waals surface area (Å²) >= 11 is 0. The van der Waals surface area contributed by atoms with E-state index in [2.05, 4.69) is 5.32 Å². The van der Waals surface area contributed by atoms with Crippen LogP contribution in [-0.4, -0.2) is 40.7 Å². The number of amides is 3. The summed E-state index contributed by atoms with van der Waals surface area (Å²) in [5.74, 6) is -0.648. The second kappa shape index (κ2) is 7.43. The summed E-state index contributed by atoms with van der Waals surface area (Å²) < 4.78 is 0. The van der Waals surface area contributed by atoms with Crippen molar-refractivity contribution in [3.05, 3.63) is 34.9 Å². The van der Waals surface area contributed by atoms with Gasteiger partial charge in [0.05, 0.1) is 11.1 Å². The fourth-order valence-electron chi connectivity index (χ4n) is 4.60. The molecule has 2 aliphatic carbocycles. The van der Waals surface area contributed by atoms with Gasteiger partial charge in [0.15, 0.2) is 0 Å². The van der Waals surface area contributed by atoms with Gasteiger partial charge in [-0.05, 0) is 56.7 Å². The van der Waals surface area contributed by atoms with E-state index in [1.165, 1.54) is 4.90 Å². The first-order valence-electron chi connectivity index (χ1n) is 10.1. The van der Waals surface area contributed by atoms with Crippen molar-refractivity contribution in [3.8, 4) is 0 Å². The van der Waals surface area contributed by atoms with Crippen LogP contribution < -0.4 is 11.1 Å². The summed E-state index contributed by atoms with van der Waals surface area (Å²) in [6.45, 7) is 0. The average molecular weight is 369 g/mol. The lowest BCUT2D eigenvalue weighted by molar-refractivity contribution is 0.0548. The maximum absolute atomic E-state index is 12.9. The molecular formula is C21H27N3O3. The highest BCUT2D eigenvalue weighted by Gasteiger charge is 2.40. The lowest BCUT2D eigenvalue weighted by Gasteiger charge is -2.29. The molecular weight excluding hydrogens is 342 g/mol. The molecule has 0 aromatic heterocycles. The van der Waals surface area contributed by atoms with Crippen LogP contribution in [0.3, 0.4) is 0 Å². The number of hydrogen-bond donors (Lipinski definition) is 2. The van der Waals surface area contributed by atoms with Crippen molar-refractivity contribution in [2.75, 3.05) is 0 Å². The molecule has 0 spiro atoms. The van der Waals surface area contributed by atoms with Gasteiger partial charge in [-0.3, -0.25) is 19.3 Å². The van der Waals surface area contributed by atoms with Crippen molar-refractivity contribution in [1.82, 2.24) is 10.2 Å². The van der Waals surface area contributed by atoms with Gasteiger partial charge in [-0.25, -0.2) is 0 Å². The monoisotopic (exact) mass is 369 g/mol. The van der Waals surface area contributed by atoms with Gasteiger partial charge >= 0.3 is 0 Å². The molecule has 0 bridgehead atoms. The molecule has 1 aromatic rings. The van der Waals surface area contributed by atoms with Gasteiger partial charge in [0.1, 0.15) is 0 Å². The quantitative estimate of drug-likeness (QED) is 0.801. The van der Waals surface area contributed by atoms with E-state index in [1.54, 1.807) is 18.2 Å². The van der Waals surface area contributed by atoms with E-state index in [4.69, 9.17) is 5.73 Å². The van der Waals surface area contributed by atoms with Crippen molar-refractivity contribution >= 4 is 17.7 Å². The minimum atomic E-state index is -0.250. The number of benzene rings is 1. The molecule has 27 heavy (non-hydrogen) atoms.